The van der Waals surface area contributed by atoms with Crippen molar-refractivity contribution < 1.29 is 4.79 Å². The zero-order valence-electron chi connectivity index (χ0n) is 10.3. The molecule has 0 aliphatic carbocycles. The van der Waals surface area contributed by atoms with Crippen LogP contribution in [0.25, 0.3) is 0 Å². The van der Waals surface area contributed by atoms with E-state index in [2.05, 4.69) is 18.7 Å². The third-order valence-corrected chi connectivity index (χ3v) is 3.37. The average molecular weight is 211 g/mol. The maximum atomic E-state index is 11.8. The van der Waals surface area contributed by atoms with Gasteiger partial charge in [0.15, 0.2) is 0 Å². The second-order valence-electron chi connectivity index (χ2n) is 4.74. The zero-order valence-corrected chi connectivity index (χ0v) is 10.3. The fourth-order valence-corrected chi connectivity index (χ4v) is 2.27. The van der Waals surface area contributed by atoms with Crippen LogP contribution >= 0.6 is 0 Å². The number of rotatable bonds is 6. The van der Waals surface area contributed by atoms with Gasteiger partial charge >= 0.3 is 0 Å². The van der Waals surface area contributed by atoms with Crippen LogP contribution in [0.3, 0.4) is 0 Å². The van der Waals surface area contributed by atoms with Crippen molar-refractivity contribution in [2.45, 2.75) is 58.8 Å². The van der Waals surface area contributed by atoms with Crippen molar-refractivity contribution in [2.75, 3.05) is 13.1 Å². The molecule has 1 saturated heterocycles. The fourth-order valence-electron chi connectivity index (χ4n) is 2.27. The number of carbonyl (C=O) groups is 1. The zero-order chi connectivity index (χ0) is 11.1. The number of nitrogens with zero attached hydrogens (tertiary/aromatic N) is 1. The number of unbranched alkanes of at least 4 members (excludes halogenated alkanes) is 2. The maximum absolute atomic E-state index is 11.8. The highest BCUT2D eigenvalue weighted by atomic mass is 16.2. The van der Waals surface area contributed by atoms with E-state index >= 15 is 0 Å². The Balaban J connectivity index is 2.24. The van der Waals surface area contributed by atoms with Gasteiger partial charge in [-0.25, -0.2) is 0 Å². The van der Waals surface area contributed by atoms with Gasteiger partial charge in [0.05, 0.1) is 0 Å². The van der Waals surface area contributed by atoms with E-state index in [1.165, 1.54) is 32.1 Å². The number of hydrogen-bond acceptors (Lipinski definition) is 1. The molecule has 0 aromatic rings. The van der Waals surface area contributed by atoms with Crippen LogP contribution in [0.2, 0.25) is 0 Å². The van der Waals surface area contributed by atoms with Crippen LogP contribution in [0.15, 0.2) is 0 Å². The van der Waals surface area contributed by atoms with Crippen LogP contribution in [0, 0.1) is 5.92 Å². The first-order chi connectivity index (χ1) is 7.27. The molecular formula is C13H25NO. The number of carbonyl (C=O) groups excluding carboxylic acids is 1. The molecule has 1 atom stereocenters. The van der Waals surface area contributed by atoms with Crippen molar-refractivity contribution in [1.82, 2.24) is 4.90 Å². The quantitative estimate of drug-likeness (QED) is 0.660. The summed E-state index contributed by atoms with van der Waals surface area (Å²) in [5.41, 5.74) is 0. The lowest BCUT2D eigenvalue weighted by molar-refractivity contribution is -0.135. The lowest BCUT2D eigenvalue weighted by atomic mass is 9.91. The van der Waals surface area contributed by atoms with Crippen LogP contribution in [-0.2, 0) is 4.79 Å². The van der Waals surface area contributed by atoms with E-state index in [0.717, 1.165) is 25.9 Å². The molecule has 15 heavy (non-hydrogen) atoms. The lowest BCUT2D eigenvalue weighted by Gasteiger charge is -2.31. The standard InChI is InChI=1S/C13H25NO/c1-3-5-7-12-8-10-14(9-6-4-2)13(15)11-12/h12H,3-11H2,1-2H3. The van der Waals surface area contributed by atoms with Crippen LogP contribution in [-0.4, -0.2) is 23.9 Å². The Labute approximate surface area is 94.0 Å². The first-order valence-electron chi connectivity index (χ1n) is 6.55. The Morgan fingerprint density at radius 2 is 2.00 bits per heavy atom. The van der Waals surface area contributed by atoms with Gasteiger partial charge in [-0.3, -0.25) is 4.79 Å². The first kappa shape index (κ1) is 12.5. The van der Waals surface area contributed by atoms with E-state index in [0.29, 0.717) is 11.8 Å². The summed E-state index contributed by atoms with van der Waals surface area (Å²) in [6, 6.07) is 0. The van der Waals surface area contributed by atoms with Gasteiger partial charge in [0, 0.05) is 19.5 Å². The molecule has 1 unspecified atom stereocenters. The Kier molecular flexibility index (Phi) is 5.74. The first-order valence-corrected chi connectivity index (χ1v) is 6.55. The van der Waals surface area contributed by atoms with E-state index in [-0.39, 0.29) is 0 Å². The summed E-state index contributed by atoms with van der Waals surface area (Å²) in [7, 11) is 0. The molecule has 0 radical (unpaired) electrons. The Morgan fingerprint density at radius 3 is 2.60 bits per heavy atom. The molecule has 0 aromatic heterocycles. The van der Waals surface area contributed by atoms with Crippen molar-refractivity contribution in [3.05, 3.63) is 0 Å². The molecular weight excluding hydrogens is 186 g/mol. The second kappa shape index (κ2) is 6.86. The molecule has 0 bridgehead atoms. The van der Waals surface area contributed by atoms with Gasteiger partial charge in [0.25, 0.3) is 0 Å². The van der Waals surface area contributed by atoms with Gasteiger partial charge < -0.3 is 4.90 Å². The molecule has 1 heterocycles. The Hall–Kier alpha value is -0.530. The summed E-state index contributed by atoms with van der Waals surface area (Å²) >= 11 is 0. The van der Waals surface area contributed by atoms with Gasteiger partial charge in [0.1, 0.15) is 0 Å². The summed E-state index contributed by atoms with van der Waals surface area (Å²) in [6.45, 7) is 6.39. The SMILES string of the molecule is CCCCC1CCN(CCCC)C(=O)C1. The minimum atomic E-state index is 0.399. The van der Waals surface area contributed by atoms with E-state index < -0.39 is 0 Å². The molecule has 1 aliphatic rings. The number of amides is 1. The van der Waals surface area contributed by atoms with Gasteiger partial charge in [-0.15, -0.1) is 0 Å². The van der Waals surface area contributed by atoms with Gasteiger partial charge in [-0.2, -0.15) is 0 Å². The minimum Gasteiger partial charge on any atom is -0.343 e. The smallest absolute Gasteiger partial charge is 0.222 e. The highest BCUT2D eigenvalue weighted by Crippen LogP contribution is 2.23. The number of piperidine rings is 1. The van der Waals surface area contributed by atoms with Crippen molar-refractivity contribution in [1.29, 1.82) is 0 Å². The van der Waals surface area contributed by atoms with Crippen molar-refractivity contribution in [3.63, 3.8) is 0 Å². The Bertz CT molecular complexity index is 191. The molecule has 0 spiro atoms. The summed E-state index contributed by atoms with van der Waals surface area (Å²) < 4.78 is 0. The normalized spacial score (nSPS) is 22.1. The largest absolute Gasteiger partial charge is 0.343 e. The van der Waals surface area contributed by atoms with Crippen molar-refractivity contribution in [3.8, 4) is 0 Å². The third kappa shape index (κ3) is 4.23. The Morgan fingerprint density at radius 1 is 1.27 bits per heavy atom. The molecule has 1 aliphatic heterocycles. The molecule has 1 fully saturated rings. The highest BCUT2D eigenvalue weighted by Gasteiger charge is 2.24. The predicted octanol–water partition coefficient (Wildman–Crippen LogP) is 3.22. The van der Waals surface area contributed by atoms with Crippen LogP contribution in [0.5, 0.6) is 0 Å². The molecule has 88 valence electrons. The summed E-state index contributed by atoms with van der Waals surface area (Å²) in [5, 5.41) is 0. The van der Waals surface area contributed by atoms with Crippen LogP contribution < -0.4 is 0 Å². The van der Waals surface area contributed by atoms with Gasteiger partial charge in [-0.05, 0) is 25.2 Å². The van der Waals surface area contributed by atoms with E-state index in [4.69, 9.17) is 0 Å². The van der Waals surface area contributed by atoms with Crippen LogP contribution in [0.1, 0.15) is 58.8 Å². The molecule has 1 amide bonds. The van der Waals surface area contributed by atoms with Crippen molar-refractivity contribution >= 4 is 5.91 Å². The fraction of sp³-hybridized carbons (Fsp3) is 0.923. The minimum absolute atomic E-state index is 0.399. The van der Waals surface area contributed by atoms with E-state index in [1.807, 2.05) is 0 Å². The third-order valence-electron chi connectivity index (χ3n) is 3.37. The average Bonchev–Trinajstić information content (AvgIpc) is 2.25. The van der Waals surface area contributed by atoms with Crippen LogP contribution in [0.4, 0.5) is 0 Å². The monoisotopic (exact) mass is 211 g/mol. The maximum Gasteiger partial charge on any atom is 0.222 e. The topological polar surface area (TPSA) is 20.3 Å². The van der Waals surface area contributed by atoms with Crippen molar-refractivity contribution in [2.24, 2.45) is 5.92 Å². The van der Waals surface area contributed by atoms with Gasteiger partial charge in [0.2, 0.25) is 5.91 Å². The molecule has 0 N–H and O–H groups in total. The second-order valence-corrected chi connectivity index (χ2v) is 4.74. The number of hydrogen-bond donors (Lipinski definition) is 0. The molecule has 2 nitrogen and oxygen atoms in total. The van der Waals surface area contributed by atoms with E-state index in [9.17, 15) is 4.79 Å². The molecule has 0 saturated carbocycles. The molecule has 2 heteroatoms. The predicted molar refractivity (Wildman–Crippen MR) is 63.7 cm³/mol. The summed E-state index contributed by atoms with van der Waals surface area (Å²) in [4.78, 5) is 13.9. The number of likely N-dealkylation sites (tertiary alicyclic amines) is 1. The summed E-state index contributed by atoms with van der Waals surface area (Å²) in [6.07, 6.45) is 8.18. The molecule has 1 rings (SSSR count). The van der Waals surface area contributed by atoms with E-state index in [1.54, 1.807) is 0 Å². The molecule has 0 aromatic carbocycles. The highest BCUT2D eigenvalue weighted by molar-refractivity contribution is 5.77. The van der Waals surface area contributed by atoms with Gasteiger partial charge in [-0.1, -0.05) is 33.1 Å². The summed E-state index contributed by atoms with van der Waals surface area (Å²) in [5.74, 6) is 1.08. The lowest BCUT2D eigenvalue weighted by Crippen LogP contribution is -2.39.